The number of nitrogens with zero attached hydrogens (tertiary/aromatic N) is 1. The summed E-state index contributed by atoms with van der Waals surface area (Å²) in [4.78, 5) is 40.7. The van der Waals surface area contributed by atoms with Crippen molar-refractivity contribution in [2.75, 3.05) is 0 Å². The maximum Gasteiger partial charge on any atom is 0.411 e. The van der Waals surface area contributed by atoms with Crippen molar-refractivity contribution in [1.82, 2.24) is 10.2 Å². The van der Waals surface area contributed by atoms with E-state index in [0.717, 1.165) is 27.8 Å². The van der Waals surface area contributed by atoms with Crippen molar-refractivity contribution in [1.29, 1.82) is 0 Å². The van der Waals surface area contributed by atoms with E-state index in [1.807, 2.05) is 109 Å². The number of nitrogens with one attached hydrogen (secondary N) is 1. The Bertz CT molecular complexity index is 1530. The number of hydrogen-bond acceptors (Lipinski definition) is 5. The van der Waals surface area contributed by atoms with Crippen LogP contribution in [0.5, 0.6) is 5.75 Å². The molecule has 0 aromatic heterocycles. The SMILES string of the molecule is NC(=O)[C@H](Cc1cccc(OCc2ccccc2)c1)NC(=O)[C@@H]1Cc2ccccc2CN1C(=O)OCc1ccccc1. The van der Waals surface area contributed by atoms with Gasteiger partial charge in [0.2, 0.25) is 11.8 Å². The molecule has 0 spiro atoms. The van der Waals surface area contributed by atoms with Crippen LogP contribution in [0.1, 0.15) is 27.8 Å². The Labute approximate surface area is 245 Å². The van der Waals surface area contributed by atoms with E-state index in [-0.39, 0.29) is 26.0 Å². The van der Waals surface area contributed by atoms with Gasteiger partial charge in [-0.15, -0.1) is 0 Å². The molecule has 0 fully saturated rings. The minimum Gasteiger partial charge on any atom is -0.489 e. The predicted octanol–water partition coefficient (Wildman–Crippen LogP) is 4.54. The lowest BCUT2D eigenvalue weighted by Crippen LogP contribution is -2.56. The van der Waals surface area contributed by atoms with Gasteiger partial charge in [0.1, 0.15) is 31.0 Å². The van der Waals surface area contributed by atoms with Gasteiger partial charge in [0.05, 0.1) is 6.54 Å². The first-order valence-corrected chi connectivity index (χ1v) is 13.9. The van der Waals surface area contributed by atoms with Gasteiger partial charge >= 0.3 is 6.09 Å². The van der Waals surface area contributed by atoms with E-state index in [0.29, 0.717) is 12.4 Å². The summed E-state index contributed by atoms with van der Waals surface area (Å²) in [6.07, 6.45) is -0.144. The third-order valence-electron chi connectivity index (χ3n) is 7.24. The molecule has 5 rings (SSSR count). The van der Waals surface area contributed by atoms with Crippen molar-refractivity contribution in [2.45, 2.75) is 44.7 Å². The number of carbonyl (C=O) groups excluding carboxylic acids is 3. The molecule has 3 N–H and O–H groups in total. The number of rotatable bonds is 10. The van der Waals surface area contributed by atoms with E-state index < -0.39 is 30.0 Å². The molecule has 42 heavy (non-hydrogen) atoms. The smallest absolute Gasteiger partial charge is 0.411 e. The first-order valence-electron chi connectivity index (χ1n) is 13.9. The molecular formula is C34H33N3O5. The number of primary amides is 1. The summed E-state index contributed by atoms with van der Waals surface area (Å²) in [6.45, 7) is 0.697. The van der Waals surface area contributed by atoms with E-state index in [1.165, 1.54) is 4.90 Å². The molecule has 0 bridgehead atoms. The van der Waals surface area contributed by atoms with Crippen LogP contribution in [0.3, 0.4) is 0 Å². The van der Waals surface area contributed by atoms with Crippen LogP contribution in [0.15, 0.2) is 109 Å². The Morgan fingerprint density at radius 3 is 2.10 bits per heavy atom. The second-order valence-electron chi connectivity index (χ2n) is 10.2. The highest BCUT2D eigenvalue weighted by atomic mass is 16.6. The molecule has 1 aliphatic rings. The average molecular weight is 564 g/mol. The average Bonchev–Trinajstić information content (AvgIpc) is 3.02. The molecule has 1 aliphatic heterocycles. The van der Waals surface area contributed by atoms with E-state index >= 15 is 0 Å². The van der Waals surface area contributed by atoms with Crippen molar-refractivity contribution < 1.29 is 23.9 Å². The van der Waals surface area contributed by atoms with Crippen LogP contribution in [0.25, 0.3) is 0 Å². The van der Waals surface area contributed by atoms with Crippen LogP contribution < -0.4 is 15.8 Å². The maximum absolute atomic E-state index is 13.6. The van der Waals surface area contributed by atoms with Gasteiger partial charge in [-0.3, -0.25) is 14.5 Å². The second kappa shape index (κ2) is 13.5. The number of ether oxygens (including phenoxy) is 2. The molecule has 0 radical (unpaired) electrons. The van der Waals surface area contributed by atoms with Crippen LogP contribution >= 0.6 is 0 Å². The summed E-state index contributed by atoms with van der Waals surface area (Å²) in [5.74, 6) is -0.503. The molecule has 4 aromatic carbocycles. The molecule has 214 valence electrons. The zero-order valence-corrected chi connectivity index (χ0v) is 23.1. The highest BCUT2D eigenvalue weighted by Gasteiger charge is 2.37. The molecule has 8 heteroatoms. The van der Waals surface area contributed by atoms with Crippen LogP contribution in [-0.2, 0) is 46.9 Å². The van der Waals surface area contributed by atoms with Crippen LogP contribution in [0, 0.1) is 0 Å². The standard InChI is InChI=1S/C34H33N3O5/c35-32(38)30(19-26-14-9-17-29(18-26)41-22-24-10-3-1-4-11-24)36-33(39)31-20-27-15-7-8-16-28(27)21-37(31)34(40)42-23-25-12-5-2-6-13-25/h1-18,30-31H,19-23H2,(H2,35,38)(H,36,39)/t30-,31-/m0/s1. The van der Waals surface area contributed by atoms with Crippen LogP contribution in [0.4, 0.5) is 4.79 Å². The molecule has 4 aromatic rings. The number of hydrogen-bond donors (Lipinski definition) is 2. The third kappa shape index (κ3) is 7.34. The predicted molar refractivity (Wildman–Crippen MR) is 158 cm³/mol. The number of fused-ring (bicyclic) bond motifs is 1. The fourth-order valence-corrected chi connectivity index (χ4v) is 4.98. The molecular weight excluding hydrogens is 530 g/mol. The first kappa shape index (κ1) is 28.4. The highest BCUT2D eigenvalue weighted by molar-refractivity contribution is 5.91. The fourth-order valence-electron chi connectivity index (χ4n) is 4.98. The van der Waals surface area contributed by atoms with Gasteiger partial charge in [-0.2, -0.15) is 0 Å². The van der Waals surface area contributed by atoms with Crippen LogP contribution in [0.2, 0.25) is 0 Å². The van der Waals surface area contributed by atoms with Gasteiger partial charge in [-0.1, -0.05) is 97.1 Å². The Hall–Kier alpha value is -5.11. The Kier molecular flexibility index (Phi) is 9.13. The lowest BCUT2D eigenvalue weighted by atomic mass is 9.93. The second-order valence-corrected chi connectivity index (χ2v) is 10.2. The van der Waals surface area contributed by atoms with Gasteiger partial charge in [0, 0.05) is 12.8 Å². The summed E-state index contributed by atoms with van der Waals surface area (Å²) in [6, 6.07) is 32.3. The third-order valence-corrected chi connectivity index (χ3v) is 7.24. The summed E-state index contributed by atoms with van der Waals surface area (Å²) >= 11 is 0. The number of nitrogens with two attached hydrogens (primary N) is 1. The fraction of sp³-hybridized carbons (Fsp3) is 0.206. The van der Waals surface area contributed by atoms with Crippen molar-refractivity contribution in [3.05, 3.63) is 137 Å². The summed E-state index contributed by atoms with van der Waals surface area (Å²) in [5.41, 5.74) is 10.3. The maximum atomic E-state index is 13.6. The summed E-state index contributed by atoms with van der Waals surface area (Å²) in [7, 11) is 0. The molecule has 3 amide bonds. The zero-order valence-electron chi connectivity index (χ0n) is 23.1. The van der Waals surface area contributed by atoms with Crippen molar-refractivity contribution >= 4 is 17.9 Å². The summed E-state index contributed by atoms with van der Waals surface area (Å²) in [5, 5.41) is 2.80. The lowest BCUT2D eigenvalue weighted by Gasteiger charge is -2.35. The van der Waals surface area contributed by atoms with Crippen LogP contribution in [-0.4, -0.2) is 34.9 Å². The monoisotopic (exact) mass is 563 g/mol. The molecule has 0 aliphatic carbocycles. The minimum atomic E-state index is -0.985. The van der Waals surface area contributed by atoms with Gasteiger partial charge in [-0.05, 0) is 39.9 Å². The summed E-state index contributed by atoms with van der Waals surface area (Å²) < 4.78 is 11.5. The topological polar surface area (TPSA) is 111 Å². The van der Waals surface area contributed by atoms with E-state index in [2.05, 4.69) is 5.32 Å². The Morgan fingerprint density at radius 2 is 1.40 bits per heavy atom. The van der Waals surface area contributed by atoms with Crippen molar-refractivity contribution in [3.63, 3.8) is 0 Å². The molecule has 0 saturated carbocycles. The minimum absolute atomic E-state index is 0.0821. The Morgan fingerprint density at radius 1 is 0.786 bits per heavy atom. The zero-order chi connectivity index (χ0) is 29.3. The molecule has 0 saturated heterocycles. The first-order chi connectivity index (χ1) is 20.5. The number of carbonyl (C=O) groups is 3. The van der Waals surface area contributed by atoms with Gasteiger partial charge in [0.15, 0.2) is 0 Å². The normalized spacial score (nSPS) is 14.8. The Balaban J connectivity index is 1.27. The molecule has 1 heterocycles. The lowest BCUT2D eigenvalue weighted by molar-refractivity contribution is -0.131. The van der Waals surface area contributed by atoms with E-state index in [1.54, 1.807) is 0 Å². The molecule has 2 atom stereocenters. The molecule has 0 unspecified atom stereocenters. The largest absolute Gasteiger partial charge is 0.489 e. The van der Waals surface area contributed by atoms with E-state index in [4.69, 9.17) is 15.2 Å². The van der Waals surface area contributed by atoms with Crippen molar-refractivity contribution in [3.8, 4) is 5.75 Å². The number of amides is 3. The van der Waals surface area contributed by atoms with Gasteiger partial charge in [-0.25, -0.2) is 4.79 Å². The molecule has 8 nitrogen and oxygen atoms in total. The van der Waals surface area contributed by atoms with E-state index in [9.17, 15) is 14.4 Å². The van der Waals surface area contributed by atoms with Gasteiger partial charge in [0.25, 0.3) is 0 Å². The quantitative estimate of drug-likeness (QED) is 0.294. The highest BCUT2D eigenvalue weighted by Crippen LogP contribution is 2.25. The van der Waals surface area contributed by atoms with Crippen molar-refractivity contribution in [2.24, 2.45) is 5.73 Å². The number of benzene rings is 4. The van der Waals surface area contributed by atoms with Gasteiger partial charge < -0.3 is 20.5 Å².